The van der Waals surface area contributed by atoms with Crippen molar-refractivity contribution in [1.82, 2.24) is 5.32 Å². The van der Waals surface area contributed by atoms with Crippen LogP contribution in [0.2, 0.25) is 0 Å². The molecule has 0 radical (unpaired) electrons. The molecule has 20 heavy (non-hydrogen) atoms. The molecule has 1 saturated carbocycles. The van der Waals surface area contributed by atoms with E-state index in [1.165, 1.54) is 6.42 Å². The van der Waals surface area contributed by atoms with E-state index in [-0.39, 0.29) is 12.5 Å². The Balaban J connectivity index is 1.97. The van der Waals surface area contributed by atoms with Gasteiger partial charge in [0.2, 0.25) is 5.91 Å². The maximum Gasteiger partial charge on any atom is 0.244 e. The summed E-state index contributed by atoms with van der Waals surface area (Å²) in [6.07, 6.45) is 7.31. The highest BCUT2D eigenvalue weighted by atomic mass is 79.9. The number of aliphatic hydroxyl groups is 1. The largest absolute Gasteiger partial charge is 0.394 e. The minimum absolute atomic E-state index is 0.0153. The topological polar surface area (TPSA) is 49.3 Å². The molecule has 0 saturated heterocycles. The first-order valence-electron chi connectivity index (χ1n) is 6.89. The highest BCUT2D eigenvalue weighted by molar-refractivity contribution is 9.11. The molecule has 2 rings (SSSR count). The summed E-state index contributed by atoms with van der Waals surface area (Å²) in [7, 11) is 0. The lowest BCUT2D eigenvalue weighted by atomic mass is 9.77. The van der Waals surface area contributed by atoms with Gasteiger partial charge in [0.25, 0.3) is 0 Å². The smallest absolute Gasteiger partial charge is 0.244 e. The van der Waals surface area contributed by atoms with Gasteiger partial charge in [0.1, 0.15) is 0 Å². The summed E-state index contributed by atoms with van der Waals surface area (Å²) < 4.78 is 1.05. The summed E-state index contributed by atoms with van der Waals surface area (Å²) in [5, 5.41) is 12.7. The molecular formula is C15H20BrNO2S. The third-order valence-electron chi connectivity index (χ3n) is 3.78. The fourth-order valence-corrected chi connectivity index (χ4v) is 4.16. The third kappa shape index (κ3) is 4.17. The molecule has 0 bridgehead atoms. The fraction of sp³-hybridized carbons (Fsp3) is 0.533. The number of aliphatic hydroxyl groups excluding tert-OH is 1. The van der Waals surface area contributed by atoms with E-state index in [1.807, 2.05) is 18.2 Å². The lowest BCUT2D eigenvalue weighted by Gasteiger charge is -2.39. The first kappa shape index (κ1) is 15.7. The second kappa shape index (κ2) is 6.87. The molecule has 1 amide bonds. The second-order valence-corrected chi connectivity index (χ2v) is 8.10. The van der Waals surface area contributed by atoms with Gasteiger partial charge in [-0.2, -0.15) is 0 Å². The Morgan fingerprint density at radius 1 is 1.65 bits per heavy atom. The van der Waals surface area contributed by atoms with E-state index in [0.29, 0.717) is 5.92 Å². The normalized spacial score (nSPS) is 26.9. The van der Waals surface area contributed by atoms with Crippen LogP contribution in [0.15, 0.2) is 22.0 Å². The quantitative estimate of drug-likeness (QED) is 0.809. The molecule has 0 spiro atoms. The lowest BCUT2D eigenvalue weighted by Crippen LogP contribution is -2.53. The highest BCUT2D eigenvalue weighted by Gasteiger charge is 2.35. The monoisotopic (exact) mass is 357 g/mol. The number of rotatable bonds is 4. The van der Waals surface area contributed by atoms with Crippen molar-refractivity contribution >= 4 is 39.2 Å². The molecule has 2 N–H and O–H groups in total. The number of hydrogen-bond donors (Lipinski definition) is 2. The fourth-order valence-electron chi connectivity index (χ4n) is 2.84. The van der Waals surface area contributed by atoms with Crippen LogP contribution in [0.5, 0.6) is 0 Å². The molecule has 1 aliphatic carbocycles. The Kier molecular flexibility index (Phi) is 5.41. The van der Waals surface area contributed by atoms with Crippen molar-refractivity contribution in [1.29, 1.82) is 0 Å². The maximum atomic E-state index is 12.0. The average molecular weight is 358 g/mol. The first-order chi connectivity index (χ1) is 9.53. The van der Waals surface area contributed by atoms with Crippen LogP contribution in [-0.2, 0) is 4.79 Å². The van der Waals surface area contributed by atoms with Gasteiger partial charge in [-0.15, -0.1) is 11.3 Å². The van der Waals surface area contributed by atoms with Gasteiger partial charge in [-0.25, -0.2) is 0 Å². The summed E-state index contributed by atoms with van der Waals surface area (Å²) in [5.74, 6) is 0.422. The van der Waals surface area contributed by atoms with Crippen LogP contribution in [0.25, 0.3) is 6.08 Å². The molecule has 110 valence electrons. The van der Waals surface area contributed by atoms with Crippen LogP contribution in [0.1, 0.15) is 37.5 Å². The Bertz CT molecular complexity index is 500. The first-order valence-corrected chi connectivity index (χ1v) is 8.50. The van der Waals surface area contributed by atoms with Gasteiger partial charge in [0.05, 0.1) is 15.9 Å². The van der Waals surface area contributed by atoms with Gasteiger partial charge in [0, 0.05) is 11.0 Å². The summed E-state index contributed by atoms with van der Waals surface area (Å²) in [5.41, 5.74) is -0.435. The standard InChI is InChI=1S/C15H20BrNO2S/c1-11-3-2-8-15(9-11,10-18)17-14(19)7-5-12-4-6-13(16)20-12/h4-7,11,18H,2-3,8-10H2,1H3,(H,17,19). The van der Waals surface area contributed by atoms with Crippen LogP contribution in [0.4, 0.5) is 0 Å². The Morgan fingerprint density at radius 2 is 2.45 bits per heavy atom. The van der Waals surface area contributed by atoms with Gasteiger partial charge in [-0.1, -0.05) is 19.8 Å². The molecule has 1 fully saturated rings. The summed E-state index contributed by atoms with van der Waals surface area (Å²) >= 11 is 4.98. The van der Waals surface area contributed by atoms with Crippen LogP contribution in [-0.4, -0.2) is 23.2 Å². The van der Waals surface area contributed by atoms with Gasteiger partial charge >= 0.3 is 0 Å². The molecule has 0 aromatic carbocycles. The highest BCUT2D eigenvalue weighted by Crippen LogP contribution is 2.32. The maximum absolute atomic E-state index is 12.0. The van der Waals surface area contributed by atoms with E-state index in [4.69, 9.17) is 0 Å². The number of amides is 1. The van der Waals surface area contributed by atoms with Gasteiger partial charge in [0.15, 0.2) is 0 Å². The van der Waals surface area contributed by atoms with Crippen molar-refractivity contribution in [3.8, 4) is 0 Å². The number of carbonyl (C=O) groups is 1. The molecule has 2 atom stereocenters. The third-order valence-corrected chi connectivity index (χ3v) is 5.36. The predicted octanol–water partition coefficient (Wildman–Crippen LogP) is 3.58. The van der Waals surface area contributed by atoms with Crippen molar-refractivity contribution in [2.75, 3.05) is 6.61 Å². The van der Waals surface area contributed by atoms with Crippen molar-refractivity contribution in [2.24, 2.45) is 5.92 Å². The molecular weight excluding hydrogens is 338 g/mol. The van der Waals surface area contributed by atoms with E-state index in [2.05, 4.69) is 28.2 Å². The molecule has 0 aliphatic heterocycles. The Labute approximate surface area is 132 Å². The van der Waals surface area contributed by atoms with Crippen LogP contribution < -0.4 is 5.32 Å². The molecule has 1 aromatic heterocycles. The zero-order valence-electron chi connectivity index (χ0n) is 11.6. The lowest BCUT2D eigenvalue weighted by molar-refractivity contribution is -0.119. The molecule has 2 unspecified atom stereocenters. The number of thiophene rings is 1. The van der Waals surface area contributed by atoms with Crippen molar-refractivity contribution in [2.45, 2.75) is 38.1 Å². The van der Waals surface area contributed by atoms with Gasteiger partial charge < -0.3 is 10.4 Å². The SMILES string of the molecule is CC1CCCC(CO)(NC(=O)C=Cc2ccc(Br)s2)C1. The number of hydrogen-bond acceptors (Lipinski definition) is 3. The van der Waals surface area contributed by atoms with Crippen LogP contribution in [0.3, 0.4) is 0 Å². The van der Waals surface area contributed by atoms with E-state index < -0.39 is 5.54 Å². The molecule has 3 nitrogen and oxygen atoms in total. The van der Waals surface area contributed by atoms with Crippen LogP contribution in [0, 0.1) is 5.92 Å². The van der Waals surface area contributed by atoms with E-state index in [9.17, 15) is 9.90 Å². The zero-order valence-corrected chi connectivity index (χ0v) is 14.0. The molecule has 5 heteroatoms. The average Bonchev–Trinajstić information content (AvgIpc) is 2.82. The number of halogens is 1. The summed E-state index contributed by atoms with van der Waals surface area (Å²) in [6, 6.07) is 3.92. The van der Waals surface area contributed by atoms with Crippen molar-refractivity contribution in [3.05, 3.63) is 26.9 Å². The minimum Gasteiger partial charge on any atom is -0.394 e. The summed E-state index contributed by atoms with van der Waals surface area (Å²) in [6.45, 7) is 2.19. The predicted molar refractivity (Wildman–Crippen MR) is 86.6 cm³/mol. The Morgan fingerprint density at radius 3 is 3.05 bits per heavy atom. The number of carbonyl (C=O) groups excluding carboxylic acids is 1. The zero-order chi connectivity index (χ0) is 14.6. The van der Waals surface area contributed by atoms with Gasteiger partial charge in [-0.05, 0) is 52.9 Å². The second-order valence-electron chi connectivity index (χ2n) is 5.60. The van der Waals surface area contributed by atoms with E-state index in [1.54, 1.807) is 17.4 Å². The van der Waals surface area contributed by atoms with Gasteiger partial charge in [-0.3, -0.25) is 4.79 Å². The van der Waals surface area contributed by atoms with Crippen LogP contribution >= 0.6 is 27.3 Å². The van der Waals surface area contributed by atoms with Crippen molar-refractivity contribution in [3.63, 3.8) is 0 Å². The molecule has 1 aromatic rings. The summed E-state index contributed by atoms with van der Waals surface area (Å²) in [4.78, 5) is 13.1. The number of nitrogens with one attached hydrogen (secondary N) is 1. The molecule has 1 heterocycles. The van der Waals surface area contributed by atoms with E-state index in [0.717, 1.165) is 27.9 Å². The van der Waals surface area contributed by atoms with Crippen molar-refractivity contribution < 1.29 is 9.90 Å². The minimum atomic E-state index is -0.435. The Hall–Kier alpha value is -0.650. The van der Waals surface area contributed by atoms with E-state index >= 15 is 0 Å². The molecule has 1 aliphatic rings.